The number of aromatic nitrogens is 4. The lowest BCUT2D eigenvalue weighted by Gasteiger charge is -2.25. The molecule has 0 saturated heterocycles. The largest absolute Gasteiger partial charge is 0.334 e. The van der Waals surface area contributed by atoms with Gasteiger partial charge in [0.1, 0.15) is 6.17 Å². The summed E-state index contributed by atoms with van der Waals surface area (Å²) in [5, 5.41) is 14.6. The van der Waals surface area contributed by atoms with Crippen LogP contribution in [0.25, 0.3) is 22.5 Å². The van der Waals surface area contributed by atoms with E-state index < -0.39 is 0 Å². The van der Waals surface area contributed by atoms with Crippen molar-refractivity contribution in [1.29, 1.82) is 0 Å². The average Bonchev–Trinajstić information content (AvgIpc) is 3.41. The molecule has 1 aliphatic heterocycles. The maximum absolute atomic E-state index is 11.4. The molecule has 152 valence electrons. The van der Waals surface area contributed by atoms with Crippen LogP contribution in [-0.2, 0) is 11.3 Å². The highest BCUT2D eigenvalue weighted by atomic mass is 35.5. The number of unbranched alkanes of at least 4 members (excludes halogenated alkanes) is 1. The second-order valence-corrected chi connectivity index (χ2v) is 7.46. The number of aliphatic imine (C=N–C) groups is 1. The van der Waals surface area contributed by atoms with Crippen molar-refractivity contribution in [2.75, 3.05) is 0 Å². The van der Waals surface area contributed by atoms with Crippen LogP contribution < -0.4 is 0 Å². The molecule has 0 spiro atoms. The first-order valence-corrected chi connectivity index (χ1v) is 10.3. The van der Waals surface area contributed by atoms with Crippen molar-refractivity contribution in [2.24, 2.45) is 4.99 Å². The number of rotatable bonds is 7. The lowest BCUT2D eigenvalue weighted by atomic mass is 9.98. The minimum atomic E-state index is -0.118. The van der Waals surface area contributed by atoms with Crippen LogP contribution in [0.1, 0.15) is 31.7 Å². The van der Waals surface area contributed by atoms with Gasteiger partial charge in [-0.05, 0) is 34.7 Å². The van der Waals surface area contributed by atoms with Crippen LogP contribution in [0.2, 0.25) is 0 Å². The molecule has 0 amide bonds. The van der Waals surface area contributed by atoms with Gasteiger partial charge < -0.3 is 4.90 Å². The summed E-state index contributed by atoms with van der Waals surface area (Å²) >= 11 is 6.17. The van der Waals surface area contributed by atoms with Crippen LogP contribution in [0.3, 0.4) is 0 Å². The number of halogens is 1. The molecule has 0 radical (unpaired) electrons. The lowest BCUT2D eigenvalue weighted by molar-refractivity contribution is 0.265. The molecule has 2 heterocycles. The Kier molecular flexibility index (Phi) is 6.02. The van der Waals surface area contributed by atoms with Crippen LogP contribution in [0.5, 0.6) is 0 Å². The van der Waals surface area contributed by atoms with Gasteiger partial charge in [-0.1, -0.05) is 73.5 Å². The molecule has 7 nitrogen and oxygen atoms in total. The Bertz CT molecular complexity index is 1090. The highest BCUT2D eigenvalue weighted by Gasteiger charge is 2.30. The Balaban J connectivity index is 1.57. The van der Waals surface area contributed by atoms with E-state index in [0.717, 1.165) is 41.5 Å². The van der Waals surface area contributed by atoms with Crippen molar-refractivity contribution in [2.45, 2.75) is 38.9 Å². The summed E-state index contributed by atoms with van der Waals surface area (Å²) in [7, 11) is 0. The van der Waals surface area contributed by atoms with E-state index in [1.165, 1.54) is 0 Å². The topological polar surface area (TPSA) is 87.1 Å². The number of hydrogen-bond acceptors (Lipinski definition) is 6. The first kappa shape index (κ1) is 20.0. The Morgan fingerprint density at radius 2 is 1.90 bits per heavy atom. The zero-order valence-electron chi connectivity index (χ0n) is 16.5. The van der Waals surface area contributed by atoms with Gasteiger partial charge in [0, 0.05) is 12.1 Å². The molecular weight excluding hydrogens is 400 g/mol. The van der Waals surface area contributed by atoms with Crippen molar-refractivity contribution < 1.29 is 4.79 Å². The third-order valence-electron chi connectivity index (χ3n) is 5.15. The summed E-state index contributed by atoms with van der Waals surface area (Å²) in [6, 6.07) is 16.1. The number of carbonyl (C=O) groups excluding carboxylic acids is 1. The highest BCUT2D eigenvalue weighted by Crippen LogP contribution is 2.31. The van der Waals surface area contributed by atoms with Crippen LogP contribution in [0, 0.1) is 0 Å². The number of H-pyrrole nitrogens is 1. The highest BCUT2D eigenvalue weighted by molar-refractivity contribution is 6.70. The van der Waals surface area contributed by atoms with E-state index in [1.54, 1.807) is 0 Å². The lowest BCUT2D eigenvalue weighted by Crippen LogP contribution is -2.29. The molecule has 1 aliphatic rings. The van der Waals surface area contributed by atoms with E-state index in [0.29, 0.717) is 18.1 Å². The van der Waals surface area contributed by atoms with Crippen molar-refractivity contribution in [1.82, 2.24) is 25.5 Å². The van der Waals surface area contributed by atoms with Crippen LogP contribution in [-0.4, -0.2) is 42.8 Å². The van der Waals surface area contributed by atoms with Crippen LogP contribution in [0.15, 0.2) is 59.2 Å². The number of tetrazole rings is 1. The Morgan fingerprint density at radius 1 is 1.13 bits per heavy atom. The van der Waals surface area contributed by atoms with E-state index in [9.17, 15) is 4.79 Å². The molecule has 8 heteroatoms. The van der Waals surface area contributed by atoms with Crippen molar-refractivity contribution in [3.05, 3.63) is 59.8 Å². The molecule has 1 atom stereocenters. The molecule has 0 bridgehead atoms. The summed E-state index contributed by atoms with van der Waals surface area (Å²) in [5.74, 6) is 2.51. The van der Waals surface area contributed by atoms with Gasteiger partial charge in [-0.25, -0.2) is 9.79 Å². The molecule has 4 rings (SSSR count). The Labute approximate surface area is 179 Å². The molecule has 30 heavy (non-hydrogen) atoms. The standard InChI is InChI=1S/C22H21ClN6O/c1-2-3-8-20-24-21(23)19(14-30)29(20)13-15-9-11-16(12-10-15)17-6-4-5-7-18(17)22-25-27-28-26-22/h4-7,9-12,20H,2-3,8,13H2,1H3,(H,25,26,27,28). The monoisotopic (exact) mass is 420 g/mol. The Morgan fingerprint density at radius 3 is 2.57 bits per heavy atom. The minimum absolute atomic E-state index is 0.118. The van der Waals surface area contributed by atoms with E-state index in [-0.39, 0.29) is 11.3 Å². The van der Waals surface area contributed by atoms with Crippen molar-refractivity contribution >= 4 is 22.7 Å². The number of allylic oxidation sites excluding steroid dienone is 1. The number of nitrogens with one attached hydrogen (secondary N) is 1. The minimum Gasteiger partial charge on any atom is -0.334 e. The predicted molar refractivity (Wildman–Crippen MR) is 116 cm³/mol. The average molecular weight is 421 g/mol. The predicted octanol–water partition coefficient (Wildman–Crippen LogP) is 4.22. The molecule has 1 unspecified atom stereocenters. The van der Waals surface area contributed by atoms with E-state index in [1.807, 2.05) is 47.2 Å². The normalized spacial score (nSPS) is 15.9. The zero-order chi connectivity index (χ0) is 20.9. The third kappa shape index (κ3) is 4.03. The molecular formula is C22H21ClN6O. The molecule has 0 fully saturated rings. The Hall–Kier alpha value is -3.28. The van der Waals surface area contributed by atoms with E-state index in [4.69, 9.17) is 11.6 Å². The molecule has 3 aromatic rings. The number of aromatic amines is 1. The summed E-state index contributed by atoms with van der Waals surface area (Å²) in [4.78, 5) is 17.8. The van der Waals surface area contributed by atoms with Crippen LogP contribution in [0.4, 0.5) is 0 Å². The van der Waals surface area contributed by atoms with Crippen LogP contribution >= 0.6 is 11.6 Å². The molecule has 1 N–H and O–H groups in total. The van der Waals surface area contributed by atoms with Crippen molar-refractivity contribution in [3.63, 3.8) is 0 Å². The maximum atomic E-state index is 11.4. The number of hydrogen-bond donors (Lipinski definition) is 1. The van der Waals surface area contributed by atoms with Gasteiger partial charge in [0.15, 0.2) is 16.8 Å². The fourth-order valence-corrected chi connectivity index (χ4v) is 3.87. The van der Waals surface area contributed by atoms with Gasteiger partial charge >= 0.3 is 0 Å². The first-order valence-electron chi connectivity index (χ1n) is 9.88. The van der Waals surface area contributed by atoms with Crippen molar-refractivity contribution in [3.8, 4) is 22.5 Å². The molecule has 0 saturated carbocycles. The van der Waals surface area contributed by atoms with Gasteiger partial charge in [-0.3, -0.25) is 0 Å². The number of benzene rings is 2. The summed E-state index contributed by atoms with van der Waals surface area (Å²) in [6.45, 7) is 2.68. The third-order valence-corrected chi connectivity index (χ3v) is 5.43. The first-order chi connectivity index (χ1) is 14.7. The van der Waals surface area contributed by atoms with Gasteiger partial charge in [-0.2, -0.15) is 5.21 Å². The number of nitrogens with zero attached hydrogens (tertiary/aromatic N) is 5. The van der Waals surface area contributed by atoms with E-state index in [2.05, 4.69) is 44.7 Å². The molecule has 0 aliphatic carbocycles. The fourth-order valence-electron chi connectivity index (χ4n) is 3.61. The summed E-state index contributed by atoms with van der Waals surface area (Å²) in [6.07, 6.45) is 2.82. The summed E-state index contributed by atoms with van der Waals surface area (Å²) < 4.78 is 0. The summed E-state index contributed by atoms with van der Waals surface area (Å²) in [5.41, 5.74) is 4.37. The maximum Gasteiger partial charge on any atom is 0.205 e. The van der Waals surface area contributed by atoms with Gasteiger partial charge in [-0.15, -0.1) is 10.2 Å². The second kappa shape index (κ2) is 9.03. The molecule has 1 aromatic heterocycles. The van der Waals surface area contributed by atoms with Gasteiger partial charge in [0.05, 0.1) is 0 Å². The quantitative estimate of drug-likeness (QED) is 0.578. The zero-order valence-corrected chi connectivity index (χ0v) is 17.3. The SMILES string of the molecule is CCCCC1N=C(Cl)C(=C=O)N1Cc1ccc(-c2ccccc2-c2nn[nH]n2)cc1. The van der Waals surface area contributed by atoms with Gasteiger partial charge in [0.25, 0.3) is 0 Å². The molecule has 2 aromatic carbocycles. The van der Waals surface area contributed by atoms with E-state index >= 15 is 0 Å². The fraction of sp³-hybridized carbons (Fsp3) is 0.273. The second-order valence-electron chi connectivity index (χ2n) is 7.10. The van der Waals surface area contributed by atoms with Gasteiger partial charge in [0.2, 0.25) is 5.82 Å². The smallest absolute Gasteiger partial charge is 0.205 e.